The highest BCUT2D eigenvalue weighted by molar-refractivity contribution is 5.82. The minimum Gasteiger partial charge on any atom is -0.486 e. The van der Waals surface area contributed by atoms with Crippen molar-refractivity contribution in [2.24, 2.45) is 5.92 Å². The number of ether oxygens (including phenoxy) is 1. The van der Waals surface area contributed by atoms with Crippen molar-refractivity contribution >= 4 is 12.0 Å². The molecular formula is C11H12FNO4. The molecule has 0 amide bonds. The van der Waals surface area contributed by atoms with Gasteiger partial charge in [-0.2, -0.15) is 0 Å². The van der Waals surface area contributed by atoms with Crippen LogP contribution < -0.4 is 4.74 Å². The van der Waals surface area contributed by atoms with Gasteiger partial charge in [0.2, 0.25) is 5.75 Å². The van der Waals surface area contributed by atoms with Gasteiger partial charge in [0.15, 0.2) is 6.29 Å². The van der Waals surface area contributed by atoms with Crippen molar-refractivity contribution in [3.8, 4) is 5.75 Å². The van der Waals surface area contributed by atoms with Crippen molar-refractivity contribution in [2.75, 3.05) is 6.61 Å². The normalized spacial score (nSPS) is 10.4. The van der Waals surface area contributed by atoms with Crippen molar-refractivity contribution in [2.45, 2.75) is 13.8 Å². The summed E-state index contributed by atoms with van der Waals surface area (Å²) < 4.78 is 18.2. The molecule has 0 aliphatic rings. The molecule has 0 saturated heterocycles. The van der Waals surface area contributed by atoms with Gasteiger partial charge in [0, 0.05) is 0 Å². The maximum atomic E-state index is 13.0. The maximum absolute atomic E-state index is 13.0. The molecule has 0 saturated carbocycles. The highest BCUT2D eigenvalue weighted by Crippen LogP contribution is 2.31. The van der Waals surface area contributed by atoms with Gasteiger partial charge >= 0.3 is 5.69 Å². The largest absolute Gasteiger partial charge is 0.486 e. The van der Waals surface area contributed by atoms with E-state index >= 15 is 0 Å². The van der Waals surface area contributed by atoms with Crippen LogP contribution in [0.15, 0.2) is 12.1 Å². The van der Waals surface area contributed by atoms with E-state index in [0.29, 0.717) is 6.29 Å². The van der Waals surface area contributed by atoms with Gasteiger partial charge in [0.05, 0.1) is 23.2 Å². The molecule has 1 aromatic carbocycles. The Kier molecular flexibility index (Phi) is 4.14. The molecule has 0 aliphatic carbocycles. The third-order valence-electron chi connectivity index (χ3n) is 1.95. The summed E-state index contributed by atoms with van der Waals surface area (Å²) in [6.45, 7) is 3.93. The van der Waals surface area contributed by atoms with Gasteiger partial charge in [-0.15, -0.1) is 0 Å². The zero-order valence-corrected chi connectivity index (χ0v) is 9.47. The van der Waals surface area contributed by atoms with Crippen molar-refractivity contribution in [1.29, 1.82) is 0 Å². The molecule has 0 N–H and O–H groups in total. The summed E-state index contributed by atoms with van der Waals surface area (Å²) in [6.07, 6.45) is 0.339. The summed E-state index contributed by atoms with van der Waals surface area (Å²) in [6, 6.07) is 1.65. The first kappa shape index (κ1) is 13.1. The maximum Gasteiger partial charge on any atom is 0.314 e. The molecule has 0 radical (unpaired) electrons. The van der Waals surface area contributed by atoms with Gasteiger partial charge in [-0.3, -0.25) is 14.9 Å². The number of nitro benzene ring substituents is 1. The second-order valence-corrected chi connectivity index (χ2v) is 3.92. The number of hydrogen-bond donors (Lipinski definition) is 0. The molecule has 0 fully saturated rings. The predicted molar refractivity (Wildman–Crippen MR) is 58.8 cm³/mol. The number of hydrogen-bond acceptors (Lipinski definition) is 4. The van der Waals surface area contributed by atoms with Crippen molar-refractivity contribution in [3.05, 3.63) is 33.6 Å². The van der Waals surface area contributed by atoms with E-state index < -0.39 is 16.4 Å². The van der Waals surface area contributed by atoms with Crippen LogP contribution in [-0.4, -0.2) is 17.8 Å². The Hall–Kier alpha value is -1.98. The molecule has 1 rings (SSSR count). The number of nitrogens with zero attached hydrogens (tertiary/aromatic N) is 1. The lowest BCUT2D eigenvalue weighted by Crippen LogP contribution is -2.08. The van der Waals surface area contributed by atoms with Crippen LogP contribution in [-0.2, 0) is 0 Å². The Morgan fingerprint density at radius 1 is 1.53 bits per heavy atom. The molecule has 92 valence electrons. The van der Waals surface area contributed by atoms with Gasteiger partial charge < -0.3 is 4.74 Å². The van der Waals surface area contributed by atoms with Gasteiger partial charge in [0.1, 0.15) is 5.82 Å². The van der Waals surface area contributed by atoms with Crippen LogP contribution in [0.3, 0.4) is 0 Å². The average Bonchev–Trinajstić information content (AvgIpc) is 2.25. The first-order valence-corrected chi connectivity index (χ1v) is 5.01. The molecule has 0 bridgehead atoms. The fraction of sp³-hybridized carbons (Fsp3) is 0.364. The number of nitro groups is 1. The van der Waals surface area contributed by atoms with E-state index in [2.05, 4.69) is 0 Å². The van der Waals surface area contributed by atoms with E-state index in [-0.39, 0.29) is 23.8 Å². The lowest BCUT2D eigenvalue weighted by atomic mass is 10.1. The number of benzene rings is 1. The SMILES string of the molecule is CC(C)COc1c(C=O)cc(F)cc1[N+](=O)[O-]. The number of carbonyl (C=O) groups excluding carboxylic acids is 1. The third-order valence-corrected chi connectivity index (χ3v) is 1.95. The van der Waals surface area contributed by atoms with E-state index in [0.717, 1.165) is 12.1 Å². The van der Waals surface area contributed by atoms with Crippen molar-refractivity contribution < 1.29 is 18.8 Å². The van der Waals surface area contributed by atoms with Gasteiger partial charge in [-0.05, 0) is 12.0 Å². The molecule has 5 nitrogen and oxygen atoms in total. The predicted octanol–water partition coefficient (Wildman–Crippen LogP) is 2.58. The highest BCUT2D eigenvalue weighted by atomic mass is 19.1. The monoisotopic (exact) mass is 241 g/mol. The fourth-order valence-corrected chi connectivity index (χ4v) is 1.23. The van der Waals surface area contributed by atoms with Crippen molar-refractivity contribution in [3.63, 3.8) is 0 Å². The minimum absolute atomic E-state index is 0.138. The topological polar surface area (TPSA) is 69.4 Å². The lowest BCUT2D eigenvalue weighted by molar-refractivity contribution is -0.386. The Bertz CT molecular complexity index is 445. The quantitative estimate of drug-likeness (QED) is 0.451. The Morgan fingerprint density at radius 2 is 2.18 bits per heavy atom. The molecule has 1 aromatic rings. The fourth-order valence-electron chi connectivity index (χ4n) is 1.23. The first-order valence-electron chi connectivity index (χ1n) is 5.01. The molecule has 0 aromatic heterocycles. The van der Waals surface area contributed by atoms with Gasteiger partial charge in [0.25, 0.3) is 0 Å². The molecule has 0 spiro atoms. The van der Waals surface area contributed by atoms with Crippen LogP contribution in [0.25, 0.3) is 0 Å². The molecule has 0 heterocycles. The average molecular weight is 241 g/mol. The summed E-state index contributed by atoms with van der Waals surface area (Å²) in [5, 5.41) is 10.7. The summed E-state index contributed by atoms with van der Waals surface area (Å²) >= 11 is 0. The molecule has 6 heteroatoms. The van der Waals surface area contributed by atoms with E-state index in [9.17, 15) is 19.3 Å². The molecule has 0 atom stereocenters. The van der Waals surface area contributed by atoms with Crippen molar-refractivity contribution in [1.82, 2.24) is 0 Å². The van der Waals surface area contributed by atoms with Gasteiger partial charge in [-0.1, -0.05) is 13.8 Å². The summed E-state index contributed by atoms with van der Waals surface area (Å²) in [7, 11) is 0. The zero-order valence-electron chi connectivity index (χ0n) is 9.47. The zero-order chi connectivity index (χ0) is 13.0. The van der Waals surface area contributed by atoms with E-state index in [4.69, 9.17) is 4.74 Å². The minimum atomic E-state index is -0.837. The van der Waals surface area contributed by atoms with Crippen LogP contribution in [0, 0.1) is 21.8 Å². The number of halogens is 1. The second-order valence-electron chi connectivity index (χ2n) is 3.92. The summed E-state index contributed by atoms with van der Waals surface area (Å²) in [4.78, 5) is 20.7. The van der Waals surface area contributed by atoms with E-state index in [1.54, 1.807) is 0 Å². The highest BCUT2D eigenvalue weighted by Gasteiger charge is 2.21. The Labute approximate surface area is 97.3 Å². The lowest BCUT2D eigenvalue weighted by Gasteiger charge is -2.10. The second kappa shape index (κ2) is 5.38. The van der Waals surface area contributed by atoms with Crippen LogP contribution in [0.4, 0.5) is 10.1 Å². The van der Waals surface area contributed by atoms with E-state index in [1.807, 2.05) is 13.8 Å². The first-order chi connectivity index (χ1) is 7.95. The summed E-state index contributed by atoms with van der Waals surface area (Å²) in [5.74, 6) is -0.880. The standard InChI is InChI=1S/C11H12FNO4/c1-7(2)6-17-11-8(5-14)3-9(12)4-10(11)13(15)16/h3-5,7H,6H2,1-2H3. The Balaban J connectivity index is 3.21. The van der Waals surface area contributed by atoms with E-state index in [1.165, 1.54) is 0 Å². The number of carbonyl (C=O) groups is 1. The number of rotatable bonds is 5. The molecule has 0 unspecified atom stereocenters. The van der Waals surface area contributed by atoms with Gasteiger partial charge in [-0.25, -0.2) is 4.39 Å². The molecule has 17 heavy (non-hydrogen) atoms. The molecule has 0 aliphatic heterocycles. The summed E-state index contributed by atoms with van der Waals surface area (Å²) in [5.41, 5.74) is -0.690. The van der Waals surface area contributed by atoms with Crippen LogP contribution in [0.2, 0.25) is 0 Å². The Morgan fingerprint density at radius 3 is 2.65 bits per heavy atom. The smallest absolute Gasteiger partial charge is 0.314 e. The van der Waals surface area contributed by atoms with Crippen LogP contribution in [0.1, 0.15) is 24.2 Å². The number of aldehydes is 1. The molecular weight excluding hydrogens is 229 g/mol. The third kappa shape index (κ3) is 3.24. The van der Waals surface area contributed by atoms with Crippen LogP contribution in [0.5, 0.6) is 5.75 Å². The van der Waals surface area contributed by atoms with Crippen LogP contribution >= 0.6 is 0 Å².